The number of fused-ring (bicyclic) bond motifs is 1. The zero-order valence-corrected chi connectivity index (χ0v) is 27.0. The Morgan fingerprint density at radius 1 is 1.09 bits per heavy atom. The van der Waals surface area contributed by atoms with Crippen molar-refractivity contribution in [2.24, 2.45) is 11.8 Å². The zero-order valence-electron chi connectivity index (χ0n) is 27.0. The minimum Gasteiger partial charge on any atom is -0.461 e. The van der Waals surface area contributed by atoms with E-state index in [2.05, 4.69) is 26.4 Å². The number of hydrogen-bond donors (Lipinski definition) is 2. The van der Waals surface area contributed by atoms with E-state index in [-0.39, 0.29) is 24.3 Å². The number of methoxy groups -OCH3 is 1. The Hall–Kier alpha value is -3.84. The second-order valence-electron chi connectivity index (χ2n) is 11.8. The van der Waals surface area contributed by atoms with Crippen LogP contribution in [0.1, 0.15) is 59.3 Å². The summed E-state index contributed by atoms with van der Waals surface area (Å²) in [5, 5.41) is 17.7. The van der Waals surface area contributed by atoms with E-state index in [0.717, 1.165) is 25.9 Å². The highest BCUT2D eigenvalue weighted by Crippen LogP contribution is 2.35. The molecule has 1 saturated heterocycles. The zero-order chi connectivity index (χ0) is 33.3. The predicted octanol–water partition coefficient (Wildman–Crippen LogP) is 1.62. The third-order valence-electron chi connectivity index (χ3n) is 7.63. The van der Waals surface area contributed by atoms with Crippen LogP contribution >= 0.6 is 0 Å². The highest BCUT2D eigenvalue weighted by atomic mass is 16.6. The van der Waals surface area contributed by atoms with Crippen molar-refractivity contribution in [3.05, 3.63) is 24.2 Å². The van der Waals surface area contributed by atoms with Gasteiger partial charge in [0.25, 0.3) is 0 Å². The number of rotatable bonds is 15. The van der Waals surface area contributed by atoms with Gasteiger partial charge in [0.15, 0.2) is 18.0 Å². The lowest BCUT2D eigenvalue weighted by Crippen LogP contribution is -2.54. The first-order valence-electron chi connectivity index (χ1n) is 15.0. The van der Waals surface area contributed by atoms with Crippen LogP contribution in [0.2, 0.25) is 0 Å². The Morgan fingerprint density at radius 3 is 2.33 bits per heavy atom. The number of hydrogen-bond acceptors (Lipinski definition) is 14. The first kappa shape index (κ1) is 35.6. The van der Waals surface area contributed by atoms with Crippen LogP contribution in [0.25, 0.3) is 5.52 Å². The number of nitrogens with two attached hydrogens (primary N) is 1. The normalized spacial score (nSPS) is 17.8. The van der Waals surface area contributed by atoms with E-state index in [4.69, 9.17) is 29.4 Å². The molecule has 4 atom stereocenters. The fourth-order valence-electron chi connectivity index (χ4n) is 4.63. The monoisotopic (exact) mass is 631 g/mol. The third-order valence-corrected chi connectivity index (χ3v) is 7.63. The van der Waals surface area contributed by atoms with Gasteiger partial charge in [-0.1, -0.05) is 27.7 Å². The molecule has 1 aliphatic rings. The molecule has 0 unspecified atom stereocenters. The van der Waals surface area contributed by atoms with Gasteiger partial charge in [-0.05, 0) is 38.9 Å². The van der Waals surface area contributed by atoms with Crippen molar-refractivity contribution in [1.29, 1.82) is 5.26 Å². The van der Waals surface area contributed by atoms with Crippen LogP contribution in [-0.2, 0) is 38.1 Å². The lowest BCUT2D eigenvalue weighted by atomic mass is 9.92. The summed E-state index contributed by atoms with van der Waals surface area (Å²) in [5.74, 6) is -2.70. The summed E-state index contributed by atoms with van der Waals surface area (Å²) >= 11 is 0. The fraction of sp³-hybridized carbons (Fsp3) is 0.667. The number of nitrogen functional groups attached to an aromatic ring is 1. The maximum absolute atomic E-state index is 13.0. The molecule has 0 aliphatic carbocycles. The molecule has 2 aromatic heterocycles. The molecule has 15 nitrogen and oxygen atoms in total. The third kappa shape index (κ3) is 8.88. The maximum Gasteiger partial charge on any atom is 0.323 e. The molecule has 1 fully saturated rings. The molecule has 0 bridgehead atoms. The molecule has 0 spiro atoms. The number of carbonyl (C=O) groups is 3. The molecule has 0 radical (unpaired) electrons. The number of esters is 3. The van der Waals surface area contributed by atoms with E-state index in [1.165, 1.54) is 18.0 Å². The van der Waals surface area contributed by atoms with Crippen LogP contribution in [0.15, 0.2) is 18.5 Å². The fourth-order valence-corrected chi connectivity index (χ4v) is 4.63. The summed E-state index contributed by atoms with van der Waals surface area (Å²) in [7, 11) is 3.28. The largest absolute Gasteiger partial charge is 0.461 e. The molecular formula is C30H45N7O8. The molecule has 3 N–H and O–H groups in total. The molecule has 45 heavy (non-hydrogen) atoms. The Kier molecular flexibility index (Phi) is 12.6. The van der Waals surface area contributed by atoms with Crippen molar-refractivity contribution in [2.75, 3.05) is 46.3 Å². The van der Waals surface area contributed by atoms with Gasteiger partial charge in [-0.15, -0.1) is 0 Å². The Bertz CT molecular complexity index is 1350. The number of ether oxygens (including phenoxy) is 5. The molecular weight excluding hydrogens is 586 g/mol. The van der Waals surface area contributed by atoms with Crippen LogP contribution in [0.5, 0.6) is 0 Å². The Labute approximate surface area is 263 Å². The summed E-state index contributed by atoms with van der Waals surface area (Å²) in [6, 6.07) is 4.59. The van der Waals surface area contributed by atoms with Gasteiger partial charge in [0.05, 0.1) is 30.9 Å². The average Bonchev–Trinajstić information content (AvgIpc) is 3.45. The molecule has 1 aliphatic heterocycles. The van der Waals surface area contributed by atoms with Crippen molar-refractivity contribution in [3.8, 4) is 6.07 Å². The molecule has 248 valence electrons. The number of carbonyl (C=O) groups excluding carboxylic acids is 3. The summed E-state index contributed by atoms with van der Waals surface area (Å²) in [6.45, 7) is 9.29. The van der Waals surface area contributed by atoms with Gasteiger partial charge in [-0.25, -0.2) is 9.50 Å². The lowest BCUT2D eigenvalue weighted by Gasteiger charge is -2.37. The number of piperidine rings is 1. The van der Waals surface area contributed by atoms with Crippen LogP contribution < -0.4 is 11.1 Å². The molecule has 0 saturated carbocycles. The number of nitriles is 1. The molecule has 3 rings (SSSR count). The van der Waals surface area contributed by atoms with E-state index in [0.29, 0.717) is 5.52 Å². The lowest BCUT2D eigenvalue weighted by molar-refractivity contribution is -0.201. The van der Waals surface area contributed by atoms with E-state index in [1.54, 1.807) is 46.8 Å². The number of nitrogens with zero attached hydrogens (tertiary/aromatic N) is 5. The first-order chi connectivity index (χ1) is 21.3. The van der Waals surface area contributed by atoms with Crippen molar-refractivity contribution >= 4 is 29.2 Å². The topological polar surface area (TPSA) is 193 Å². The van der Waals surface area contributed by atoms with Crippen molar-refractivity contribution < 1.29 is 38.1 Å². The second kappa shape index (κ2) is 15.9. The minimum absolute atomic E-state index is 0.147. The number of likely N-dealkylation sites (tertiary alicyclic amines) is 1. The standard InChI is InChI=1S/C30H45N7O8/c1-18(2)27(38)44-24(22-8-9-23-26(32)33-16-35-37(22)23)25(45-28(39)19(3)4)30(14-31,41-7)15-42-17-34-20(5)29(40)43-21-10-12-36(6)13-11-21/h8-9,16,18-21,24-25,34H,10-13,15,17H2,1-7H3,(H2,32,33,35)/t20-,24-,25-,30+/m0/s1. The summed E-state index contributed by atoms with van der Waals surface area (Å²) in [6.07, 6.45) is -0.294. The number of nitrogens with one attached hydrogen (secondary N) is 1. The Balaban J connectivity index is 1.87. The summed E-state index contributed by atoms with van der Waals surface area (Å²) in [4.78, 5) is 44.8. The smallest absolute Gasteiger partial charge is 0.323 e. The maximum atomic E-state index is 13.0. The number of anilines is 1. The van der Waals surface area contributed by atoms with E-state index >= 15 is 0 Å². The van der Waals surface area contributed by atoms with E-state index in [1.807, 2.05) is 7.05 Å². The van der Waals surface area contributed by atoms with Crippen LogP contribution in [-0.4, -0.2) is 102 Å². The second-order valence-corrected chi connectivity index (χ2v) is 11.8. The van der Waals surface area contributed by atoms with Crippen LogP contribution in [0, 0.1) is 23.2 Å². The van der Waals surface area contributed by atoms with Gasteiger partial charge in [0.2, 0.25) is 5.60 Å². The van der Waals surface area contributed by atoms with Gasteiger partial charge >= 0.3 is 17.9 Å². The molecule has 3 heterocycles. The molecule has 0 aromatic carbocycles. The summed E-state index contributed by atoms with van der Waals surface area (Å²) in [5.41, 5.74) is 4.73. The van der Waals surface area contributed by atoms with E-state index in [9.17, 15) is 19.6 Å². The number of aromatic nitrogens is 3. The van der Waals surface area contributed by atoms with Gasteiger partial charge in [-0.2, -0.15) is 10.4 Å². The SMILES string of the molecule is CO[C@](C#N)(COCN[C@@H](C)C(=O)OC1CCN(C)CC1)[C@@H](OC(=O)C(C)C)[C@@H](OC(=O)C(C)C)c1ccc2c(N)ncnn12. The van der Waals surface area contributed by atoms with Crippen molar-refractivity contribution in [2.45, 2.75) is 77.4 Å². The van der Waals surface area contributed by atoms with Crippen LogP contribution in [0.3, 0.4) is 0 Å². The van der Waals surface area contributed by atoms with Gasteiger partial charge < -0.3 is 34.3 Å². The van der Waals surface area contributed by atoms with Gasteiger partial charge in [0, 0.05) is 20.2 Å². The van der Waals surface area contributed by atoms with Crippen molar-refractivity contribution in [1.82, 2.24) is 24.8 Å². The molecule has 0 amide bonds. The van der Waals surface area contributed by atoms with E-state index < -0.39 is 60.2 Å². The quantitative estimate of drug-likeness (QED) is 0.125. The average molecular weight is 632 g/mol. The Morgan fingerprint density at radius 2 is 1.73 bits per heavy atom. The predicted molar refractivity (Wildman–Crippen MR) is 161 cm³/mol. The minimum atomic E-state index is -1.98. The summed E-state index contributed by atoms with van der Waals surface area (Å²) < 4.78 is 30.3. The molecule has 2 aromatic rings. The highest BCUT2D eigenvalue weighted by Gasteiger charge is 2.51. The van der Waals surface area contributed by atoms with Gasteiger partial charge in [-0.3, -0.25) is 19.7 Å². The first-order valence-corrected chi connectivity index (χ1v) is 15.0. The van der Waals surface area contributed by atoms with Crippen LogP contribution in [0.4, 0.5) is 5.82 Å². The van der Waals surface area contributed by atoms with Crippen molar-refractivity contribution in [3.63, 3.8) is 0 Å². The molecule has 15 heteroatoms. The highest BCUT2D eigenvalue weighted by molar-refractivity contribution is 5.75. The van der Waals surface area contributed by atoms with Gasteiger partial charge in [0.1, 0.15) is 30.1 Å².